The number of hydrogen-bond donors (Lipinski definition) is 0. The molecule has 0 unspecified atom stereocenters. The first-order valence-electron chi connectivity index (χ1n) is 3.00. The van der Waals surface area contributed by atoms with Gasteiger partial charge < -0.3 is 0 Å². The molecule has 0 aromatic carbocycles. The molecule has 0 radical (unpaired) electrons. The second kappa shape index (κ2) is 4.23. The van der Waals surface area contributed by atoms with Gasteiger partial charge in [0.1, 0.15) is 0 Å². The summed E-state index contributed by atoms with van der Waals surface area (Å²) >= 11 is 2.79. The summed E-state index contributed by atoms with van der Waals surface area (Å²) in [6, 6.07) is 0. The Balaban J connectivity index is 6.14. The zero-order valence-electron chi connectivity index (χ0n) is 6.97. The van der Waals surface area contributed by atoms with Crippen LogP contribution in [0.25, 0.3) is 0 Å². The monoisotopic (exact) mass is 436 g/mol. The molecule has 0 rings (SSSR count). The Bertz CT molecular complexity index is 452. The highest BCUT2D eigenvalue weighted by atomic mass is 79.9. The van der Waals surface area contributed by atoms with Crippen LogP contribution in [0.3, 0.4) is 0 Å². The first-order chi connectivity index (χ1) is 7.00. The van der Waals surface area contributed by atoms with E-state index in [1.54, 1.807) is 0 Å². The molecule has 0 spiro atoms. The van der Waals surface area contributed by atoms with Crippen molar-refractivity contribution in [2.45, 2.75) is 12.9 Å². The largest absolute Gasteiger partial charge is 0.500 e. The van der Waals surface area contributed by atoms with Crippen molar-refractivity contribution in [1.82, 2.24) is 0 Å². The Labute approximate surface area is 107 Å². The van der Waals surface area contributed by atoms with Crippen molar-refractivity contribution in [3.63, 3.8) is 0 Å². The maximum absolute atomic E-state index is 12.0. The summed E-state index contributed by atoms with van der Waals surface area (Å²) in [5, 5.41) is 0. The van der Waals surface area contributed by atoms with Crippen LogP contribution in [0.5, 0.6) is 0 Å². The van der Waals surface area contributed by atoms with E-state index in [0.29, 0.717) is 0 Å². The molecule has 0 aromatic rings. The Hall–Kier alpha value is 0.440. The van der Waals surface area contributed by atoms with Gasteiger partial charge in [0.2, 0.25) is 0 Å². The quantitative estimate of drug-likeness (QED) is 0.491. The molecule has 0 aliphatic rings. The topological polar surface area (TPSA) is 68.3 Å². The van der Waals surface area contributed by atoms with Crippen molar-refractivity contribution in [3.8, 4) is 0 Å². The zero-order valence-corrected chi connectivity index (χ0v) is 11.8. The fourth-order valence-corrected chi connectivity index (χ4v) is 4.88. The van der Waals surface area contributed by atoms with Crippen LogP contribution in [-0.2, 0) is 19.7 Å². The molecule has 0 bridgehead atoms. The Kier molecular flexibility index (Phi) is 4.34. The van der Waals surface area contributed by atoms with Crippen LogP contribution in [0.1, 0.15) is 0 Å². The van der Waals surface area contributed by atoms with Gasteiger partial charge in [-0.05, 0) is 31.9 Å². The van der Waals surface area contributed by atoms with E-state index < -0.39 is 32.6 Å². The van der Waals surface area contributed by atoms with Crippen molar-refractivity contribution >= 4 is 51.5 Å². The van der Waals surface area contributed by atoms with Gasteiger partial charge in [-0.1, -0.05) is 0 Å². The molecule has 0 fully saturated rings. The highest BCUT2D eigenvalue weighted by Gasteiger charge is 2.71. The van der Waals surface area contributed by atoms with E-state index in [4.69, 9.17) is 0 Å². The van der Waals surface area contributed by atoms with Gasteiger partial charge in [0, 0.05) is 0 Å². The second-order valence-corrected chi connectivity index (χ2v) is 12.3. The lowest BCUT2D eigenvalue weighted by Crippen LogP contribution is -2.47. The maximum atomic E-state index is 12.0. The molecule has 0 aromatic heterocycles. The molecule has 14 heteroatoms. The summed E-state index contributed by atoms with van der Waals surface area (Å²) in [4.78, 5) is 0. The van der Waals surface area contributed by atoms with Gasteiger partial charge in [0.25, 0.3) is 21.6 Å². The summed E-state index contributed by atoms with van der Waals surface area (Å²) in [5.74, 6) is 0. The summed E-state index contributed by atoms with van der Waals surface area (Å²) in [6.45, 7) is 0. The second-order valence-electron chi connectivity index (χ2n) is 2.36. The fraction of sp³-hybridized carbons (Fsp3) is 1.00. The van der Waals surface area contributed by atoms with Crippen LogP contribution >= 0.6 is 31.9 Å². The molecule has 17 heavy (non-hydrogen) atoms. The van der Waals surface area contributed by atoms with E-state index in [0.717, 1.165) is 0 Å². The van der Waals surface area contributed by atoms with E-state index in [-0.39, 0.29) is 0 Å². The third-order valence-corrected chi connectivity index (χ3v) is 10.1. The SMILES string of the molecule is O=S(=O)(C(F)(F)F)C(Br)(Br)S(=O)(=O)C(F)(F)F. The highest BCUT2D eigenvalue weighted by molar-refractivity contribution is 9.30. The highest BCUT2D eigenvalue weighted by Crippen LogP contribution is 2.50. The fourth-order valence-electron chi connectivity index (χ4n) is 0.414. The van der Waals surface area contributed by atoms with Gasteiger partial charge in [0.05, 0.1) is 0 Å². The van der Waals surface area contributed by atoms with E-state index in [1.807, 2.05) is 0 Å². The van der Waals surface area contributed by atoms with Crippen LogP contribution in [0.15, 0.2) is 0 Å². The third-order valence-electron chi connectivity index (χ3n) is 1.24. The van der Waals surface area contributed by atoms with Gasteiger partial charge in [-0.3, -0.25) is 0 Å². The predicted octanol–water partition coefficient (Wildman–Crippen LogP) is 2.26. The summed E-state index contributed by atoms with van der Waals surface area (Å²) < 4.78 is 110. The molecule has 0 aliphatic carbocycles. The van der Waals surface area contributed by atoms with Crippen molar-refractivity contribution < 1.29 is 43.2 Å². The minimum absolute atomic E-state index is 1.40. The van der Waals surface area contributed by atoms with Crippen molar-refractivity contribution in [2.75, 3.05) is 0 Å². The van der Waals surface area contributed by atoms with E-state index >= 15 is 0 Å². The minimum Gasteiger partial charge on any atom is -0.216 e. The van der Waals surface area contributed by atoms with E-state index in [2.05, 4.69) is 0 Å². The number of halogens is 8. The van der Waals surface area contributed by atoms with Crippen LogP contribution in [-0.4, -0.2) is 29.7 Å². The van der Waals surface area contributed by atoms with Gasteiger partial charge in [-0.2, -0.15) is 26.3 Å². The molecule has 0 N–H and O–H groups in total. The molecule has 104 valence electrons. The Morgan fingerprint density at radius 3 is 0.941 bits per heavy atom. The summed E-state index contributed by atoms with van der Waals surface area (Å²) in [7, 11) is -13.4. The van der Waals surface area contributed by atoms with Gasteiger partial charge in [-0.15, -0.1) is 0 Å². The summed E-state index contributed by atoms with van der Waals surface area (Å²) in [5.41, 5.74) is -12.4. The zero-order chi connectivity index (χ0) is 14.5. The third kappa shape index (κ3) is 2.58. The van der Waals surface area contributed by atoms with Crippen molar-refractivity contribution in [2.24, 2.45) is 0 Å². The molecular weight excluding hydrogens is 438 g/mol. The van der Waals surface area contributed by atoms with E-state index in [9.17, 15) is 43.2 Å². The normalized spacial score (nSPS) is 16.0. The number of rotatable bonds is 2. The number of hydrogen-bond acceptors (Lipinski definition) is 4. The van der Waals surface area contributed by atoms with Gasteiger partial charge in [-0.25, -0.2) is 16.8 Å². The molecule has 0 amide bonds. The smallest absolute Gasteiger partial charge is 0.216 e. The lowest BCUT2D eigenvalue weighted by atomic mass is 11.5. The number of alkyl halides is 8. The molecule has 0 saturated heterocycles. The van der Waals surface area contributed by atoms with Crippen molar-refractivity contribution in [3.05, 3.63) is 0 Å². The summed E-state index contributed by atoms with van der Waals surface area (Å²) in [6.07, 6.45) is 0. The van der Waals surface area contributed by atoms with Crippen LogP contribution in [0, 0.1) is 0 Å². The Morgan fingerprint density at radius 2 is 0.824 bits per heavy atom. The molecule has 0 aliphatic heterocycles. The number of sulfone groups is 2. The van der Waals surface area contributed by atoms with Crippen molar-refractivity contribution in [1.29, 1.82) is 0 Å². The molecule has 0 atom stereocenters. The lowest BCUT2D eigenvalue weighted by molar-refractivity contribution is -0.0463. The molecular formula is C3Br2F6O4S2. The molecule has 4 nitrogen and oxygen atoms in total. The molecule has 0 saturated carbocycles. The van der Waals surface area contributed by atoms with Crippen LogP contribution < -0.4 is 0 Å². The molecule has 0 heterocycles. The lowest BCUT2D eigenvalue weighted by Gasteiger charge is -2.23. The standard InChI is InChI=1S/C3Br2F6O4S2/c4-1(5,16(12,13)2(6,7)8)17(14,15)3(9,10)11. The first kappa shape index (κ1) is 17.4. The predicted molar refractivity (Wildman–Crippen MR) is 50.5 cm³/mol. The minimum atomic E-state index is -6.69. The van der Waals surface area contributed by atoms with E-state index in [1.165, 1.54) is 31.9 Å². The average Bonchev–Trinajstić information content (AvgIpc) is 1.98. The van der Waals surface area contributed by atoms with Gasteiger partial charge >= 0.3 is 11.0 Å². The van der Waals surface area contributed by atoms with Crippen LogP contribution in [0.2, 0.25) is 0 Å². The maximum Gasteiger partial charge on any atom is 0.500 e. The first-order valence-corrected chi connectivity index (χ1v) is 7.55. The van der Waals surface area contributed by atoms with Gasteiger partial charge in [0.15, 0.2) is 0 Å². The Morgan fingerprint density at radius 1 is 0.647 bits per heavy atom. The average molecular weight is 438 g/mol. The van der Waals surface area contributed by atoms with Crippen LogP contribution in [0.4, 0.5) is 26.3 Å².